The van der Waals surface area contributed by atoms with E-state index in [0.29, 0.717) is 0 Å². The van der Waals surface area contributed by atoms with Crippen molar-refractivity contribution in [3.63, 3.8) is 0 Å². The van der Waals surface area contributed by atoms with Crippen LogP contribution in [0.3, 0.4) is 0 Å². The fourth-order valence-electron chi connectivity index (χ4n) is 3.19. The summed E-state index contributed by atoms with van der Waals surface area (Å²) >= 11 is 3.41. The van der Waals surface area contributed by atoms with E-state index >= 15 is 0 Å². The lowest BCUT2D eigenvalue weighted by molar-refractivity contribution is 0.244. The molecule has 0 saturated heterocycles. The molecule has 0 fully saturated rings. The van der Waals surface area contributed by atoms with Crippen molar-refractivity contribution in [2.75, 3.05) is 12.8 Å². The summed E-state index contributed by atoms with van der Waals surface area (Å²) in [6.07, 6.45) is 5.01. The molecule has 4 rings (SSSR count). The first kappa shape index (κ1) is 16.7. The highest BCUT2D eigenvalue weighted by molar-refractivity contribution is 7.98. The van der Waals surface area contributed by atoms with Crippen LogP contribution in [0.5, 0.6) is 0 Å². The van der Waals surface area contributed by atoms with Crippen LogP contribution < -0.4 is 0 Å². The molecule has 0 amide bonds. The van der Waals surface area contributed by atoms with Crippen molar-refractivity contribution in [2.24, 2.45) is 0 Å². The molecule has 6 heteroatoms. The van der Waals surface area contributed by atoms with Crippen LogP contribution in [0.2, 0.25) is 0 Å². The maximum absolute atomic E-state index is 4.78. The average molecular weight is 369 g/mol. The second-order valence-corrected chi connectivity index (χ2v) is 8.22. The topological polar surface area (TPSA) is 41.9 Å². The number of thioether (sulfide) groups is 1. The van der Waals surface area contributed by atoms with Gasteiger partial charge in [0.15, 0.2) is 5.16 Å². The lowest BCUT2D eigenvalue weighted by Crippen LogP contribution is -2.30. The monoisotopic (exact) mass is 368 g/mol. The van der Waals surface area contributed by atoms with Gasteiger partial charge in [0, 0.05) is 48.3 Å². The predicted molar refractivity (Wildman–Crippen MR) is 104 cm³/mol. The summed E-state index contributed by atoms with van der Waals surface area (Å²) in [5.41, 5.74) is 4.79. The lowest BCUT2D eigenvalue weighted by Gasteiger charge is -2.27. The quantitative estimate of drug-likeness (QED) is 0.510. The number of fused-ring (bicyclic) bond motifs is 1. The highest BCUT2D eigenvalue weighted by Gasteiger charge is 2.21. The van der Waals surface area contributed by atoms with E-state index in [-0.39, 0.29) is 0 Å². The molecule has 0 radical (unpaired) electrons. The largest absolute Gasteiger partial charge is 0.293 e. The van der Waals surface area contributed by atoms with Crippen LogP contribution in [0.25, 0.3) is 11.3 Å². The molecule has 1 aliphatic heterocycles. The Kier molecular flexibility index (Phi) is 4.83. The number of hydrogen-bond acceptors (Lipinski definition) is 6. The third-order valence-electron chi connectivity index (χ3n) is 4.39. The Morgan fingerprint density at radius 1 is 1.20 bits per heavy atom. The fraction of sp³-hybridized carbons (Fsp3) is 0.316. The minimum absolute atomic E-state index is 0.872. The number of benzene rings is 1. The average Bonchev–Trinajstić information content (AvgIpc) is 3.02. The van der Waals surface area contributed by atoms with Gasteiger partial charge in [-0.25, -0.2) is 15.0 Å². The van der Waals surface area contributed by atoms with Crippen LogP contribution in [-0.2, 0) is 19.5 Å². The molecule has 0 N–H and O–H groups in total. The van der Waals surface area contributed by atoms with Crippen molar-refractivity contribution < 1.29 is 0 Å². The summed E-state index contributed by atoms with van der Waals surface area (Å²) in [4.78, 5) is 17.7. The van der Waals surface area contributed by atoms with Crippen LogP contribution in [0, 0.1) is 6.92 Å². The van der Waals surface area contributed by atoms with E-state index < -0.39 is 0 Å². The van der Waals surface area contributed by atoms with Gasteiger partial charge in [0.2, 0.25) is 0 Å². The van der Waals surface area contributed by atoms with Gasteiger partial charge in [-0.1, -0.05) is 42.1 Å². The van der Waals surface area contributed by atoms with Crippen molar-refractivity contribution in [1.82, 2.24) is 19.9 Å². The zero-order valence-electron chi connectivity index (χ0n) is 14.4. The summed E-state index contributed by atoms with van der Waals surface area (Å²) in [6.45, 7) is 4.96. The van der Waals surface area contributed by atoms with E-state index in [0.717, 1.165) is 41.9 Å². The van der Waals surface area contributed by atoms with Gasteiger partial charge in [0.05, 0.1) is 16.4 Å². The van der Waals surface area contributed by atoms with E-state index in [2.05, 4.69) is 46.1 Å². The highest BCUT2D eigenvalue weighted by Crippen LogP contribution is 2.30. The molecule has 25 heavy (non-hydrogen) atoms. The van der Waals surface area contributed by atoms with Crippen LogP contribution in [0.1, 0.15) is 21.1 Å². The Morgan fingerprint density at radius 2 is 2.04 bits per heavy atom. The molecular formula is C19H20N4S2. The Bertz CT molecular complexity index is 876. The molecule has 0 aliphatic carbocycles. The van der Waals surface area contributed by atoms with E-state index in [4.69, 9.17) is 4.98 Å². The number of nitrogens with zero attached hydrogens (tertiary/aromatic N) is 4. The molecule has 0 atom stereocenters. The van der Waals surface area contributed by atoms with Crippen molar-refractivity contribution in [2.45, 2.75) is 31.6 Å². The molecule has 1 aromatic carbocycles. The molecule has 0 bridgehead atoms. The molecule has 1 aliphatic rings. The maximum Gasteiger partial charge on any atom is 0.187 e. The Hall–Kier alpha value is -1.76. The molecule has 2 aromatic heterocycles. The Morgan fingerprint density at radius 3 is 2.84 bits per heavy atom. The van der Waals surface area contributed by atoms with Gasteiger partial charge < -0.3 is 0 Å². The van der Waals surface area contributed by atoms with Crippen molar-refractivity contribution in [3.8, 4) is 11.3 Å². The standard InChI is InChI=1S/C19H20N4S2/c1-13-21-18(14-6-4-3-5-7-14)17(25-13)12-23-9-8-16-15(11-23)10-20-19(22-16)24-2/h3-7,10H,8-9,11-12H2,1-2H3. The predicted octanol–water partition coefficient (Wildman–Crippen LogP) is 4.19. The van der Waals surface area contributed by atoms with Gasteiger partial charge in [-0.15, -0.1) is 11.3 Å². The van der Waals surface area contributed by atoms with Crippen LogP contribution in [0.15, 0.2) is 41.7 Å². The molecule has 0 spiro atoms. The highest BCUT2D eigenvalue weighted by atomic mass is 32.2. The third-order valence-corrected chi connectivity index (χ3v) is 5.91. The zero-order valence-corrected chi connectivity index (χ0v) is 16.0. The van der Waals surface area contributed by atoms with Crippen molar-refractivity contribution >= 4 is 23.1 Å². The second-order valence-electron chi connectivity index (χ2n) is 6.16. The van der Waals surface area contributed by atoms with Gasteiger partial charge in [0.25, 0.3) is 0 Å². The molecule has 0 unspecified atom stereocenters. The third kappa shape index (κ3) is 3.61. The van der Waals surface area contributed by atoms with E-state index in [1.807, 2.05) is 18.5 Å². The zero-order chi connectivity index (χ0) is 17.2. The van der Waals surface area contributed by atoms with Crippen molar-refractivity contribution in [3.05, 3.63) is 57.7 Å². The first-order valence-electron chi connectivity index (χ1n) is 8.36. The van der Waals surface area contributed by atoms with Crippen molar-refractivity contribution in [1.29, 1.82) is 0 Å². The summed E-state index contributed by atoms with van der Waals surface area (Å²) in [6, 6.07) is 10.5. The SMILES string of the molecule is CSc1ncc2c(n1)CCN(Cc1sc(C)nc1-c1ccccc1)C2. The minimum atomic E-state index is 0.872. The van der Waals surface area contributed by atoms with Crippen LogP contribution in [0.4, 0.5) is 0 Å². The molecule has 3 heterocycles. The molecule has 0 saturated carbocycles. The van der Waals surface area contributed by atoms with Gasteiger partial charge in [-0.3, -0.25) is 4.90 Å². The van der Waals surface area contributed by atoms with E-state index in [9.17, 15) is 0 Å². The number of aromatic nitrogens is 3. The molecule has 3 aromatic rings. The molecule has 4 nitrogen and oxygen atoms in total. The van der Waals surface area contributed by atoms with Gasteiger partial charge >= 0.3 is 0 Å². The normalized spacial score (nSPS) is 14.5. The maximum atomic E-state index is 4.78. The van der Waals surface area contributed by atoms with Crippen LogP contribution >= 0.6 is 23.1 Å². The first-order chi connectivity index (χ1) is 12.2. The minimum Gasteiger partial charge on any atom is -0.293 e. The Balaban J connectivity index is 1.55. The number of rotatable bonds is 4. The van der Waals surface area contributed by atoms with Gasteiger partial charge in [0.1, 0.15) is 0 Å². The van der Waals surface area contributed by atoms with E-state index in [1.165, 1.54) is 21.7 Å². The summed E-state index contributed by atoms with van der Waals surface area (Å²) in [5.74, 6) is 0. The van der Waals surface area contributed by atoms with Gasteiger partial charge in [-0.2, -0.15) is 0 Å². The number of hydrogen-bond donors (Lipinski definition) is 0. The lowest BCUT2D eigenvalue weighted by atomic mass is 10.1. The number of aryl methyl sites for hydroxylation is 1. The van der Waals surface area contributed by atoms with Crippen LogP contribution in [-0.4, -0.2) is 32.7 Å². The Labute approximate surface area is 156 Å². The smallest absolute Gasteiger partial charge is 0.187 e. The first-order valence-corrected chi connectivity index (χ1v) is 10.4. The van der Waals surface area contributed by atoms with E-state index in [1.54, 1.807) is 23.1 Å². The summed E-state index contributed by atoms with van der Waals surface area (Å²) in [7, 11) is 0. The molecular weight excluding hydrogens is 348 g/mol. The summed E-state index contributed by atoms with van der Waals surface area (Å²) < 4.78 is 0. The fourth-order valence-corrected chi connectivity index (χ4v) is 4.55. The molecule has 128 valence electrons. The second kappa shape index (κ2) is 7.23. The number of thiazole rings is 1. The summed E-state index contributed by atoms with van der Waals surface area (Å²) in [5, 5.41) is 2.00. The van der Waals surface area contributed by atoms with Gasteiger partial charge in [-0.05, 0) is 13.2 Å².